The Hall–Kier alpha value is -2.30. The average molecular weight is 285 g/mol. The third kappa shape index (κ3) is 3.84. The Labute approximate surface area is 125 Å². The maximum absolute atomic E-state index is 5.52. The zero-order valence-corrected chi connectivity index (χ0v) is 12.7. The molecule has 0 saturated carbocycles. The molecule has 0 amide bonds. The quantitative estimate of drug-likeness (QED) is 0.763. The molecule has 0 aromatic heterocycles. The van der Waals surface area contributed by atoms with E-state index in [0.29, 0.717) is 23.0 Å². The van der Waals surface area contributed by atoms with Gasteiger partial charge in [-0.25, -0.2) is 0 Å². The highest BCUT2D eigenvalue weighted by Gasteiger charge is 2.10. The van der Waals surface area contributed by atoms with Gasteiger partial charge in [-0.15, -0.1) is 0 Å². The van der Waals surface area contributed by atoms with Crippen molar-refractivity contribution in [1.29, 1.82) is 0 Å². The first kappa shape index (κ1) is 15.1. The summed E-state index contributed by atoms with van der Waals surface area (Å²) in [6.45, 7) is 3.97. The number of methoxy groups -OCH3 is 2. The van der Waals surface area contributed by atoms with Gasteiger partial charge in [-0.3, -0.25) is 0 Å². The second-order valence-corrected chi connectivity index (χ2v) is 4.64. The molecule has 0 heterocycles. The van der Waals surface area contributed by atoms with Crippen molar-refractivity contribution >= 4 is 7.69 Å². The highest BCUT2D eigenvalue weighted by Crippen LogP contribution is 2.29. The molecule has 5 heteroatoms. The SMILES string of the molecule is COc1ccc(C)cc1O[B]Oc1cc(C)ccc1OC. The molecule has 0 spiro atoms. The second-order valence-electron chi connectivity index (χ2n) is 4.64. The summed E-state index contributed by atoms with van der Waals surface area (Å²) in [4.78, 5) is 0. The van der Waals surface area contributed by atoms with Crippen LogP contribution in [0.5, 0.6) is 23.0 Å². The number of rotatable bonds is 6. The Bertz CT molecular complexity index is 560. The Balaban J connectivity index is 2.05. The van der Waals surface area contributed by atoms with Crippen molar-refractivity contribution in [3.8, 4) is 23.0 Å². The van der Waals surface area contributed by atoms with Crippen molar-refractivity contribution in [3.63, 3.8) is 0 Å². The second kappa shape index (κ2) is 6.93. The van der Waals surface area contributed by atoms with Crippen LogP contribution >= 0.6 is 0 Å². The minimum Gasteiger partial charge on any atom is -0.524 e. The normalized spacial score (nSPS) is 9.90. The zero-order chi connectivity index (χ0) is 15.2. The van der Waals surface area contributed by atoms with Gasteiger partial charge in [-0.05, 0) is 49.2 Å². The number of hydrogen-bond acceptors (Lipinski definition) is 4. The fraction of sp³-hybridized carbons (Fsp3) is 0.250. The standard InChI is InChI=1S/C16H18BO4/c1-11-5-7-13(18-3)15(9-11)20-17-21-16-10-12(2)6-8-14(16)19-4/h5-10H,1-4H3. The number of ether oxygens (including phenoxy) is 2. The number of hydrogen-bond donors (Lipinski definition) is 0. The van der Waals surface area contributed by atoms with Gasteiger partial charge in [0.25, 0.3) is 0 Å². The van der Waals surface area contributed by atoms with Gasteiger partial charge in [0, 0.05) is 0 Å². The van der Waals surface area contributed by atoms with E-state index in [1.165, 1.54) is 7.69 Å². The minimum atomic E-state index is 0.601. The summed E-state index contributed by atoms with van der Waals surface area (Å²) < 4.78 is 21.5. The topological polar surface area (TPSA) is 36.9 Å². The molecular formula is C16H18BO4. The molecule has 1 radical (unpaired) electrons. The van der Waals surface area contributed by atoms with Gasteiger partial charge in [-0.1, -0.05) is 12.1 Å². The van der Waals surface area contributed by atoms with Crippen LogP contribution in [-0.4, -0.2) is 21.9 Å². The van der Waals surface area contributed by atoms with Gasteiger partial charge < -0.3 is 18.8 Å². The summed E-state index contributed by atoms with van der Waals surface area (Å²) in [7, 11) is 4.47. The molecule has 2 aromatic carbocycles. The van der Waals surface area contributed by atoms with Crippen molar-refractivity contribution in [3.05, 3.63) is 47.5 Å². The van der Waals surface area contributed by atoms with Gasteiger partial charge in [0.05, 0.1) is 14.2 Å². The van der Waals surface area contributed by atoms with Gasteiger partial charge >= 0.3 is 7.69 Å². The van der Waals surface area contributed by atoms with Gasteiger partial charge in [0.15, 0.2) is 11.5 Å². The van der Waals surface area contributed by atoms with Crippen LogP contribution < -0.4 is 18.8 Å². The molecule has 2 rings (SSSR count). The van der Waals surface area contributed by atoms with Crippen molar-refractivity contribution in [2.45, 2.75) is 13.8 Å². The lowest BCUT2D eigenvalue weighted by atomic mass is 10.2. The molecule has 0 unspecified atom stereocenters. The van der Waals surface area contributed by atoms with E-state index in [0.717, 1.165) is 11.1 Å². The van der Waals surface area contributed by atoms with E-state index in [9.17, 15) is 0 Å². The molecule has 0 aliphatic heterocycles. The lowest BCUT2D eigenvalue weighted by Crippen LogP contribution is -2.12. The molecule has 2 aromatic rings. The van der Waals surface area contributed by atoms with E-state index in [1.54, 1.807) is 14.2 Å². The Morgan fingerprint density at radius 3 is 1.48 bits per heavy atom. The third-order valence-corrected chi connectivity index (χ3v) is 2.99. The van der Waals surface area contributed by atoms with Crippen LogP contribution in [0.2, 0.25) is 0 Å². The summed E-state index contributed by atoms with van der Waals surface area (Å²) in [5.41, 5.74) is 2.15. The van der Waals surface area contributed by atoms with E-state index in [1.807, 2.05) is 50.2 Å². The summed E-state index contributed by atoms with van der Waals surface area (Å²) in [5, 5.41) is 0. The monoisotopic (exact) mass is 285 g/mol. The first-order valence-electron chi connectivity index (χ1n) is 6.58. The minimum absolute atomic E-state index is 0.601. The Morgan fingerprint density at radius 2 is 1.10 bits per heavy atom. The fourth-order valence-corrected chi connectivity index (χ4v) is 1.88. The fourth-order valence-electron chi connectivity index (χ4n) is 1.88. The Kier molecular flexibility index (Phi) is 4.98. The van der Waals surface area contributed by atoms with Crippen LogP contribution in [-0.2, 0) is 0 Å². The first-order valence-corrected chi connectivity index (χ1v) is 6.58. The smallest absolute Gasteiger partial charge is 0.524 e. The van der Waals surface area contributed by atoms with E-state index in [2.05, 4.69) is 0 Å². The summed E-state index contributed by atoms with van der Waals surface area (Å²) >= 11 is 0. The van der Waals surface area contributed by atoms with Crippen LogP contribution in [0.4, 0.5) is 0 Å². The van der Waals surface area contributed by atoms with Crippen LogP contribution in [0.3, 0.4) is 0 Å². The van der Waals surface area contributed by atoms with Crippen molar-refractivity contribution in [2.24, 2.45) is 0 Å². The van der Waals surface area contributed by atoms with Crippen molar-refractivity contribution in [1.82, 2.24) is 0 Å². The molecule has 0 aliphatic rings. The maximum Gasteiger partial charge on any atom is 0.658 e. The van der Waals surface area contributed by atoms with E-state index in [-0.39, 0.29) is 0 Å². The molecule has 0 atom stereocenters. The van der Waals surface area contributed by atoms with Crippen molar-refractivity contribution in [2.75, 3.05) is 14.2 Å². The van der Waals surface area contributed by atoms with Crippen LogP contribution in [0, 0.1) is 13.8 Å². The highest BCUT2D eigenvalue weighted by atomic mass is 16.6. The molecule has 21 heavy (non-hydrogen) atoms. The van der Waals surface area contributed by atoms with E-state index < -0.39 is 0 Å². The zero-order valence-electron chi connectivity index (χ0n) is 12.7. The van der Waals surface area contributed by atoms with Crippen LogP contribution in [0.25, 0.3) is 0 Å². The molecule has 109 valence electrons. The highest BCUT2D eigenvalue weighted by molar-refractivity contribution is 6.21. The molecule has 0 fully saturated rings. The van der Waals surface area contributed by atoms with Crippen LogP contribution in [0.1, 0.15) is 11.1 Å². The molecule has 4 nitrogen and oxygen atoms in total. The molecule has 0 bridgehead atoms. The van der Waals surface area contributed by atoms with E-state index in [4.69, 9.17) is 18.8 Å². The average Bonchev–Trinajstić information content (AvgIpc) is 2.48. The van der Waals surface area contributed by atoms with E-state index >= 15 is 0 Å². The lowest BCUT2D eigenvalue weighted by Gasteiger charge is -2.13. The molecule has 0 saturated heterocycles. The summed E-state index contributed by atoms with van der Waals surface area (Å²) in [5.74, 6) is 2.50. The van der Waals surface area contributed by atoms with Crippen molar-refractivity contribution < 1.29 is 18.8 Å². The maximum atomic E-state index is 5.52. The molecular weight excluding hydrogens is 267 g/mol. The lowest BCUT2D eigenvalue weighted by molar-refractivity contribution is 0.370. The predicted molar refractivity (Wildman–Crippen MR) is 82.5 cm³/mol. The number of benzene rings is 2. The van der Waals surface area contributed by atoms with Gasteiger partial charge in [0.2, 0.25) is 0 Å². The largest absolute Gasteiger partial charge is 0.658 e. The van der Waals surface area contributed by atoms with Gasteiger partial charge in [0.1, 0.15) is 11.5 Å². The third-order valence-electron chi connectivity index (χ3n) is 2.99. The van der Waals surface area contributed by atoms with Gasteiger partial charge in [-0.2, -0.15) is 0 Å². The Morgan fingerprint density at radius 1 is 0.667 bits per heavy atom. The predicted octanol–water partition coefficient (Wildman–Crippen LogP) is 3.31. The first-order chi connectivity index (χ1) is 10.1. The summed E-state index contributed by atoms with van der Waals surface area (Å²) in [6.07, 6.45) is 0. The molecule has 0 N–H and O–H groups in total. The van der Waals surface area contributed by atoms with Crippen LogP contribution in [0.15, 0.2) is 36.4 Å². The summed E-state index contributed by atoms with van der Waals surface area (Å²) in [6, 6.07) is 11.4. The number of aryl methyl sites for hydroxylation is 2. The molecule has 0 aliphatic carbocycles.